The minimum atomic E-state index is 0.705. The molecule has 0 amide bonds. The molecular weight excluding hydrogens is 198 g/mol. The molecule has 0 unspecified atom stereocenters. The summed E-state index contributed by atoms with van der Waals surface area (Å²) in [6.45, 7) is 3.91. The molecule has 72 valence electrons. The molecule has 0 radical (unpaired) electrons. The van der Waals surface area contributed by atoms with Crippen LogP contribution in [0.25, 0.3) is 11.3 Å². The monoisotopic (exact) mass is 207 g/mol. The van der Waals surface area contributed by atoms with Crippen LogP contribution in [0.2, 0.25) is 5.02 Å². The standard InChI is InChI=1S/C11H10ClNO/c1-7-8(2)13-14-11(7)9-4-3-5-10(12)6-9/h3-6H,1-2H3. The lowest BCUT2D eigenvalue weighted by Crippen LogP contribution is -1.78. The highest BCUT2D eigenvalue weighted by Gasteiger charge is 2.10. The van der Waals surface area contributed by atoms with Crippen molar-refractivity contribution in [2.24, 2.45) is 0 Å². The quantitative estimate of drug-likeness (QED) is 0.714. The first-order valence-electron chi connectivity index (χ1n) is 4.37. The van der Waals surface area contributed by atoms with E-state index in [0.717, 1.165) is 22.6 Å². The van der Waals surface area contributed by atoms with Gasteiger partial charge in [0.1, 0.15) is 0 Å². The third kappa shape index (κ3) is 1.53. The van der Waals surface area contributed by atoms with Crippen molar-refractivity contribution in [2.45, 2.75) is 13.8 Å². The fraction of sp³-hybridized carbons (Fsp3) is 0.182. The van der Waals surface area contributed by atoms with Gasteiger partial charge in [-0.05, 0) is 26.0 Å². The maximum absolute atomic E-state index is 5.89. The van der Waals surface area contributed by atoms with Gasteiger partial charge in [-0.25, -0.2) is 0 Å². The van der Waals surface area contributed by atoms with Crippen LogP contribution in [-0.2, 0) is 0 Å². The van der Waals surface area contributed by atoms with Crippen molar-refractivity contribution >= 4 is 11.6 Å². The maximum Gasteiger partial charge on any atom is 0.170 e. The topological polar surface area (TPSA) is 26.0 Å². The van der Waals surface area contributed by atoms with E-state index in [1.807, 2.05) is 38.1 Å². The average Bonchev–Trinajstić information content (AvgIpc) is 2.48. The second-order valence-corrected chi connectivity index (χ2v) is 3.67. The van der Waals surface area contributed by atoms with Crippen LogP contribution in [-0.4, -0.2) is 5.16 Å². The van der Waals surface area contributed by atoms with Crippen molar-refractivity contribution in [2.75, 3.05) is 0 Å². The minimum Gasteiger partial charge on any atom is -0.356 e. The van der Waals surface area contributed by atoms with E-state index in [1.54, 1.807) is 0 Å². The van der Waals surface area contributed by atoms with Crippen LogP contribution < -0.4 is 0 Å². The summed E-state index contributed by atoms with van der Waals surface area (Å²) in [7, 11) is 0. The molecule has 2 aromatic rings. The van der Waals surface area contributed by atoms with E-state index in [-0.39, 0.29) is 0 Å². The molecule has 3 heteroatoms. The van der Waals surface area contributed by atoms with Gasteiger partial charge < -0.3 is 4.52 Å². The molecule has 1 aromatic carbocycles. The van der Waals surface area contributed by atoms with E-state index in [1.165, 1.54) is 0 Å². The first-order chi connectivity index (χ1) is 6.68. The van der Waals surface area contributed by atoms with Gasteiger partial charge in [-0.3, -0.25) is 0 Å². The van der Waals surface area contributed by atoms with Gasteiger partial charge in [0.15, 0.2) is 5.76 Å². The van der Waals surface area contributed by atoms with Gasteiger partial charge in [0.2, 0.25) is 0 Å². The van der Waals surface area contributed by atoms with E-state index in [4.69, 9.17) is 16.1 Å². The Hall–Kier alpha value is -1.28. The first-order valence-corrected chi connectivity index (χ1v) is 4.75. The second kappa shape index (κ2) is 3.46. The number of aromatic nitrogens is 1. The van der Waals surface area contributed by atoms with Crippen LogP contribution in [0.1, 0.15) is 11.3 Å². The Morgan fingerprint density at radius 1 is 1.29 bits per heavy atom. The van der Waals surface area contributed by atoms with Crippen LogP contribution in [0.3, 0.4) is 0 Å². The zero-order chi connectivity index (χ0) is 10.1. The Kier molecular flexibility index (Phi) is 2.30. The van der Waals surface area contributed by atoms with Crippen molar-refractivity contribution in [1.29, 1.82) is 0 Å². The Morgan fingerprint density at radius 2 is 2.07 bits per heavy atom. The Labute approximate surface area is 87.5 Å². The Morgan fingerprint density at radius 3 is 2.64 bits per heavy atom. The van der Waals surface area contributed by atoms with Crippen molar-refractivity contribution in [1.82, 2.24) is 5.16 Å². The number of hydrogen-bond donors (Lipinski definition) is 0. The first kappa shape index (κ1) is 9.28. The number of nitrogens with zero attached hydrogens (tertiary/aromatic N) is 1. The molecule has 1 aromatic heterocycles. The summed E-state index contributed by atoms with van der Waals surface area (Å²) in [6, 6.07) is 7.56. The summed E-state index contributed by atoms with van der Waals surface area (Å²) in [4.78, 5) is 0. The minimum absolute atomic E-state index is 0.705. The molecule has 2 nitrogen and oxygen atoms in total. The van der Waals surface area contributed by atoms with E-state index < -0.39 is 0 Å². The zero-order valence-electron chi connectivity index (χ0n) is 8.04. The molecule has 0 saturated carbocycles. The van der Waals surface area contributed by atoms with Gasteiger partial charge >= 0.3 is 0 Å². The lowest BCUT2D eigenvalue weighted by Gasteiger charge is -1.97. The van der Waals surface area contributed by atoms with Gasteiger partial charge in [0, 0.05) is 16.1 Å². The molecule has 0 spiro atoms. The number of halogens is 1. The number of benzene rings is 1. The molecule has 0 N–H and O–H groups in total. The highest BCUT2D eigenvalue weighted by molar-refractivity contribution is 6.30. The fourth-order valence-electron chi connectivity index (χ4n) is 1.31. The Balaban J connectivity index is 2.55. The van der Waals surface area contributed by atoms with Gasteiger partial charge in [-0.15, -0.1) is 0 Å². The summed E-state index contributed by atoms with van der Waals surface area (Å²) >= 11 is 5.89. The summed E-state index contributed by atoms with van der Waals surface area (Å²) in [6.07, 6.45) is 0. The lowest BCUT2D eigenvalue weighted by molar-refractivity contribution is 0.427. The van der Waals surface area contributed by atoms with E-state index >= 15 is 0 Å². The van der Waals surface area contributed by atoms with Crippen LogP contribution >= 0.6 is 11.6 Å². The summed E-state index contributed by atoms with van der Waals surface area (Å²) in [5.41, 5.74) is 2.95. The zero-order valence-corrected chi connectivity index (χ0v) is 8.80. The molecule has 1 heterocycles. The smallest absolute Gasteiger partial charge is 0.170 e. The second-order valence-electron chi connectivity index (χ2n) is 3.23. The molecule has 0 atom stereocenters. The predicted molar refractivity (Wildman–Crippen MR) is 56.4 cm³/mol. The van der Waals surface area contributed by atoms with E-state index in [0.29, 0.717) is 5.02 Å². The normalized spacial score (nSPS) is 10.5. The van der Waals surface area contributed by atoms with Crippen LogP contribution in [0, 0.1) is 13.8 Å². The summed E-state index contributed by atoms with van der Waals surface area (Å²) < 4.78 is 5.23. The Bertz CT molecular complexity index is 462. The van der Waals surface area contributed by atoms with E-state index in [2.05, 4.69) is 5.16 Å². The number of hydrogen-bond acceptors (Lipinski definition) is 2. The third-order valence-corrected chi connectivity index (χ3v) is 2.48. The van der Waals surface area contributed by atoms with Gasteiger partial charge in [-0.2, -0.15) is 0 Å². The van der Waals surface area contributed by atoms with Gasteiger partial charge in [0.25, 0.3) is 0 Å². The van der Waals surface area contributed by atoms with Crippen molar-refractivity contribution < 1.29 is 4.52 Å². The van der Waals surface area contributed by atoms with Crippen molar-refractivity contribution in [3.05, 3.63) is 40.5 Å². The molecule has 0 fully saturated rings. The molecule has 0 aliphatic heterocycles. The molecule has 0 aliphatic carbocycles. The number of aryl methyl sites for hydroxylation is 1. The fourth-order valence-corrected chi connectivity index (χ4v) is 1.50. The third-order valence-electron chi connectivity index (χ3n) is 2.24. The van der Waals surface area contributed by atoms with Gasteiger partial charge in [-0.1, -0.05) is 28.9 Å². The maximum atomic E-state index is 5.89. The van der Waals surface area contributed by atoms with Crippen molar-refractivity contribution in [3.63, 3.8) is 0 Å². The molecule has 0 aliphatic rings. The predicted octanol–water partition coefficient (Wildman–Crippen LogP) is 3.61. The van der Waals surface area contributed by atoms with E-state index in [9.17, 15) is 0 Å². The number of rotatable bonds is 1. The average molecular weight is 208 g/mol. The van der Waals surface area contributed by atoms with Crippen LogP contribution in [0.15, 0.2) is 28.8 Å². The lowest BCUT2D eigenvalue weighted by atomic mass is 10.1. The van der Waals surface area contributed by atoms with Crippen LogP contribution in [0.5, 0.6) is 0 Å². The van der Waals surface area contributed by atoms with Crippen LogP contribution in [0.4, 0.5) is 0 Å². The summed E-state index contributed by atoms with van der Waals surface area (Å²) in [5, 5.41) is 4.61. The SMILES string of the molecule is Cc1noc(-c2cccc(Cl)c2)c1C. The van der Waals surface area contributed by atoms with Crippen molar-refractivity contribution in [3.8, 4) is 11.3 Å². The van der Waals surface area contributed by atoms with Gasteiger partial charge in [0.05, 0.1) is 5.69 Å². The largest absolute Gasteiger partial charge is 0.356 e. The molecule has 0 bridgehead atoms. The molecular formula is C11H10ClNO. The molecule has 2 rings (SSSR count). The highest BCUT2D eigenvalue weighted by atomic mass is 35.5. The summed E-state index contributed by atoms with van der Waals surface area (Å²) in [5.74, 6) is 0.796. The molecule has 0 saturated heterocycles. The highest BCUT2D eigenvalue weighted by Crippen LogP contribution is 2.27. The molecule has 14 heavy (non-hydrogen) atoms.